The van der Waals surface area contributed by atoms with Crippen LogP contribution in [0.3, 0.4) is 0 Å². The zero-order chi connectivity index (χ0) is 15.0. The highest BCUT2D eigenvalue weighted by atomic mass is 19.1. The SMILES string of the molecule is Cc1nc(C)n(-c2cc(C(=O)O)c([N+](=O)[O-])cc2F)n1. The van der Waals surface area contributed by atoms with Gasteiger partial charge < -0.3 is 5.11 Å². The average molecular weight is 280 g/mol. The average Bonchev–Trinajstić information content (AvgIpc) is 2.67. The molecule has 20 heavy (non-hydrogen) atoms. The first kappa shape index (κ1) is 13.6. The van der Waals surface area contributed by atoms with Gasteiger partial charge in [-0.05, 0) is 19.9 Å². The molecule has 0 radical (unpaired) electrons. The third-order valence-electron chi connectivity index (χ3n) is 2.60. The number of aromatic nitrogens is 3. The molecule has 2 aromatic rings. The number of rotatable bonds is 3. The van der Waals surface area contributed by atoms with Crippen LogP contribution >= 0.6 is 0 Å². The Hall–Kier alpha value is -2.84. The molecule has 0 unspecified atom stereocenters. The molecule has 0 saturated carbocycles. The van der Waals surface area contributed by atoms with Gasteiger partial charge in [0.15, 0.2) is 5.82 Å². The molecule has 0 atom stereocenters. The van der Waals surface area contributed by atoms with Gasteiger partial charge in [0.25, 0.3) is 5.69 Å². The van der Waals surface area contributed by atoms with E-state index in [1.807, 2.05) is 0 Å². The topological polar surface area (TPSA) is 111 Å². The van der Waals surface area contributed by atoms with Crippen LogP contribution in [-0.2, 0) is 0 Å². The van der Waals surface area contributed by atoms with E-state index in [1.165, 1.54) is 0 Å². The molecule has 1 N–H and O–H groups in total. The number of nitro groups is 1. The summed E-state index contributed by atoms with van der Waals surface area (Å²) in [5, 5.41) is 23.6. The van der Waals surface area contributed by atoms with E-state index in [2.05, 4.69) is 10.1 Å². The number of aromatic carboxylic acids is 1. The number of benzene rings is 1. The Balaban J connectivity index is 2.73. The fourth-order valence-corrected chi connectivity index (χ4v) is 1.79. The lowest BCUT2D eigenvalue weighted by atomic mass is 10.1. The molecular formula is C11H9FN4O4. The van der Waals surface area contributed by atoms with E-state index in [0.29, 0.717) is 17.7 Å². The Morgan fingerprint density at radius 1 is 1.45 bits per heavy atom. The molecule has 2 rings (SSSR count). The molecule has 0 amide bonds. The van der Waals surface area contributed by atoms with E-state index < -0.39 is 28.0 Å². The van der Waals surface area contributed by atoms with E-state index in [0.717, 1.165) is 10.7 Å². The van der Waals surface area contributed by atoms with Gasteiger partial charge in [0.05, 0.1) is 11.0 Å². The van der Waals surface area contributed by atoms with Gasteiger partial charge in [0, 0.05) is 0 Å². The van der Waals surface area contributed by atoms with Gasteiger partial charge in [-0.15, -0.1) is 0 Å². The van der Waals surface area contributed by atoms with Crippen molar-refractivity contribution in [3.8, 4) is 5.69 Å². The van der Waals surface area contributed by atoms with Gasteiger partial charge in [-0.25, -0.2) is 18.9 Å². The van der Waals surface area contributed by atoms with Crippen LogP contribution in [-0.4, -0.2) is 30.8 Å². The third kappa shape index (κ3) is 2.20. The molecule has 1 heterocycles. The van der Waals surface area contributed by atoms with Crippen molar-refractivity contribution in [1.29, 1.82) is 0 Å². The van der Waals surface area contributed by atoms with Crippen molar-refractivity contribution < 1.29 is 19.2 Å². The molecule has 0 saturated heterocycles. The number of hydrogen-bond donors (Lipinski definition) is 1. The van der Waals surface area contributed by atoms with E-state index in [-0.39, 0.29) is 5.69 Å². The van der Waals surface area contributed by atoms with Crippen molar-refractivity contribution in [3.05, 3.63) is 45.3 Å². The molecule has 0 spiro atoms. The van der Waals surface area contributed by atoms with E-state index in [9.17, 15) is 19.3 Å². The number of hydrogen-bond acceptors (Lipinski definition) is 5. The fourth-order valence-electron chi connectivity index (χ4n) is 1.79. The second-order valence-corrected chi connectivity index (χ2v) is 4.00. The second-order valence-electron chi connectivity index (χ2n) is 4.00. The Morgan fingerprint density at radius 3 is 2.55 bits per heavy atom. The highest BCUT2D eigenvalue weighted by Crippen LogP contribution is 2.25. The Morgan fingerprint density at radius 2 is 2.10 bits per heavy atom. The summed E-state index contributed by atoms with van der Waals surface area (Å²) in [4.78, 5) is 24.8. The van der Waals surface area contributed by atoms with E-state index in [4.69, 9.17) is 5.11 Å². The Kier molecular flexibility index (Phi) is 3.18. The molecule has 0 aliphatic heterocycles. The quantitative estimate of drug-likeness (QED) is 0.675. The molecular weight excluding hydrogens is 271 g/mol. The lowest BCUT2D eigenvalue weighted by Crippen LogP contribution is -2.09. The number of halogens is 1. The third-order valence-corrected chi connectivity index (χ3v) is 2.60. The van der Waals surface area contributed by atoms with Crippen molar-refractivity contribution in [3.63, 3.8) is 0 Å². The van der Waals surface area contributed by atoms with Crippen molar-refractivity contribution in [2.45, 2.75) is 13.8 Å². The highest BCUT2D eigenvalue weighted by Gasteiger charge is 2.24. The molecule has 8 nitrogen and oxygen atoms in total. The van der Waals surface area contributed by atoms with Crippen LogP contribution in [0.25, 0.3) is 5.69 Å². The van der Waals surface area contributed by atoms with Crippen LogP contribution in [0.15, 0.2) is 12.1 Å². The number of carboxylic acid groups (broad SMARTS) is 1. The lowest BCUT2D eigenvalue weighted by molar-refractivity contribution is -0.385. The number of nitro benzene ring substituents is 1. The fraction of sp³-hybridized carbons (Fsp3) is 0.182. The summed E-state index contributed by atoms with van der Waals surface area (Å²) in [5.41, 5.74) is -1.63. The summed E-state index contributed by atoms with van der Waals surface area (Å²) in [6.45, 7) is 3.15. The normalized spacial score (nSPS) is 10.6. The van der Waals surface area contributed by atoms with E-state index in [1.54, 1.807) is 13.8 Å². The Bertz CT molecular complexity index is 725. The number of aryl methyl sites for hydroxylation is 2. The Labute approximate surface area is 111 Å². The van der Waals surface area contributed by atoms with Gasteiger partial charge in [0.2, 0.25) is 0 Å². The zero-order valence-corrected chi connectivity index (χ0v) is 10.5. The first-order valence-electron chi connectivity index (χ1n) is 5.43. The summed E-state index contributed by atoms with van der Waals surface area (Å²) in [7, 11) is 0. The molecule has 1 aromatic heterocycles. The van der Waals surface area contributed by atoms with Crippen molar-refractivity contribution in [2.24, 2.45) is 0 Å². The highest BCUT2D eigenvalue weighted by molar-refractivity contribution is 5.93. The molecule has 9 heteroatoms. The summed E-state index contributed by atoms with van der Waals surface area (Å²) < 4.78 is 15.0. The molecule has 0 aliphatic carbocycles. The number of carboxylic acids is 1. The zero-order valence-electron chi connectivity index (χ0n) is 10.5. The smallest absolute Gasteiger partial charge is 0.342 e. The maximum Gasteiger partial charge on any atom is 0.342 e. The minimum Gasteiger partial charge on any atom is -0.477 e. The summed E-state index contributed by atoms with van der Waals surface area (Å²) in [5.74, 6) is -1.76. The summed E-state index contributed by atoms with van der Waals surface area (Å²) >= 11 is 0. The molecule has 104 valence electrons. The van der Waals surface area contributed by atoms with Crippen LogP contribution in [0.1, 0.15) is 22.0 Å². The number of carbonyl (C=O) groups is 1. The van der Waals surface area contributed by atoms with Gasteiger partial charge >= 0.3 is 5.97 Å². The lowest BCUT2D eigenvalue weighted by Gasteiger charge is -2.06. The van der Waals surface area contributed by atoms with Gasteiger partial charge in [-0.3, -0.25) is 10.1 Å². The van der Waals surface area contributed by atoms with Crippen LogP contribution < -0.4 is 0 Å². The predicted molar refractivity (Wildman–Crippen MR) is 64.4 cm³/mol. The first-order chi connectivity index (χ1) is 9.31. The minimum absolute atomic E-state index is 0.203. The monoisotopic (exact) mass is 280 g/mol. The molecule has 0 aliphatic rings. The summed E-state index contributed by atoms with van der Waals surface area (Å²) in [6, 6.07) is 1.44. The first-order valence-corrected chi connectivity index (χ1v) is 5.43. The molecule has 0 fully saturated rings. The van der Waals surface area contributed by atoms with Gasteiger partial charge in [-0.2, -0.15) is 5.10 Å². The van der Waals surface area contributed by atoms with Crippen LogP contribution in [0, 0.1) is 29.8 Å². The van der Waals surface area contributed by atoms with Crippen molar-refractivity contribution in [2.75, 3.05) is 0 Å². The largest absolute Gasteiger partial charge is 0.477 e. The van der Waals surface area contributed by atoms with Crippen molar-refractivity contribution in [1.82, 2.24) is 14.8 Å². The maximum absolute atomic E-state index is 13.9. The van der Waals surface area contributed by atoms with Gasteiger partial charge in [0.1, 0.15) is 22.9 Å². The van der Waals surface area contributed by atoms with Crippen molar-refractivity contribution >= 4 is 11.7 Å². The maximum atomic E-state index is 13.9. The van der Waals surface area contributed by atoms with Crippen LogP contribution in [0.4, 0.5) is 10.1 Å². The molecule has 0 bridgehead atoms. The standard InChI is InChI=1S/C11H9FN4O4/c1-5-13-6(2)15(14-5)10-3-7(11(17)18)9(16(19)20)4-8(10)12/h3-4H,1-2H3,(H,17,18). The second kappa shape index (κ2) is 4.68. The predicted octanol–water partition coefficient (Wildman–Crippen LogP) is 1.63. The number of nitrogens with zero attached hydrogens (tertiary/aromatic N) is 4. The van der Waals surface area contributed by atoms with E-state index >= 15 is 0 Å². The van der Waals surface area contributed by atoms with Crippen LogP contribution in [0.5, 0.6) is 0 Å². The minimum atomic E-state index is -1.52. The summed E-state index contributed by atoms with van der Waals surface area (Å²) in [6.07, 6.45) is 0. The molecule has 1 aromatic carbocycles. The van der Waals surface area contributed by atoms with Gasteiger partial charge in [-0.1, -0.05) is 0 Å². The van der Waals surface area contributed by atoms with Crippen LogP contribution in [0.2, 0.25) is 0 Å².